The maximum Gasteiger partial charge on any atom is 0.500 e. The maximum absolute atomic E-state index is 14.1. The molecule has 0 fully saturated rings. The molecule has 0 N–H and O–H groups in total. The summed E-state index contributed by atoms with van der Waals surface area (Å²) in [6, 6.07) is 5.48. The monoisotopic (exact) mass is 470 g/mol. The van der Waals surface area contributed by atoms with Gasteiger partial charge in [0.05, 0.1) is 13.7 Å². The predicted molar refractivity (Wildman–Crippen MR) is 126 cm³/mol. The van der Waals surface area contributed by atoms with E-state index in [1.54, 1.807) is 12.1 Å². The molecular formula is C24H39FO6Si. The zero-order chi connectivity index (χ0) is 23.7. The van der Waals surface area contributed by atoms with Crippen molar-refractivity contribution in [3.05, 3.63) is 35.7 Å². The second kappa shape index (κ2) is 16.8. The quantitative estimate of drug-likeness (QED) is 0.117. The van der Waals surface area contributed by atoms with E-state index in [1.807, 2.05) is 20.8 Å². The maximum atomic E-state index is 14.1. The van der Waals surface area contributed by atoms with Gasteiger partial charge in [-0.25, -0.2) is 9.18 Å². The third-order valence-corrected chi connectivity index (χ3v) is 7.95. The Balaban J connectivity index is 2.23. The Kier molecular flexibility index (Phi) is 14.9. The van der Waals surface area contributed by atoms with Gasteiger partial charge < -0.3 is 22.8 Å². The van der Waals surface area contributed by atoms with Crippen LogP contribution in [-0.4, -0.2) is 48.3 Å². The van der Waals surface area contributed by atoms with Gasteiger partial charge in [-0.05, 0) is 57.4 Å². The molecule has 1 aromatic rings. The van der Waals surface area contributed by atoms with E-state index in [0.29, 0.717) is 32.0 Å². The standard InChI is InChI=1S/C24H39FO6Si/c1-5-29-32(30-6-2,31-7-3)19-13-11-9-8-10-12-18-28-23-16-14-21(20-22(23)25)15-17-24(26)27-4/h14-17,20H,5-13,18-19H2,1-4H3. The highest BCUT2D eigenvalue weighted by Crippen LogP contribution is 2.22. The lowest BCUT2D eigenvalue weighted by Crippen LogP contribution is -2.45. The van der Waals surface area contributed by atoms with Crippen LogP contribution in [0.2, 0.25) is 6.04 Å². The van der Waals surface area contributed by atoms with Gasteiger partial charge in [0.2, 0.25) is 0 Å². The fourth-order valence-electron chi connectivity index (χ4n) is 3.30. The second-order valence-corrected chi connectivity index (χ2v) is 9.98. The first-order valence-corrected chi connectivity index (χ1v) is 13.5. The molecule has 0 amide bonds. The van der Waals surface area contributed by atoms with Crippen LogP contribution in [0.5, 0.6) is 5.75 Å². The van der Waals surface area contributed by atoms with Crippen LogP contribution in [0, 0.1) is 5.82 Å². The summed E-state index contributed by atoms with van der Waals surface area (Å²) in [5, 5.41) is 0. The minimum Gasteiger partial charge on any atom is -0.491 e. The van der Waals surface area contributed by atoms with Gasteiger partial charge in [-0.1, -0.05) is 31.7 Å². The van der Waals surface area contributed by atoms with E-state index in [4.69, 9.17) is 18.0 Å². The molecule has 0 unspecified atom stereocenters. The number of esters is 1. The normalized spacial score (nSPS) is 11.8. The number of benzene rings is 1. The number of unbranched alkanes of at least 4 members (excludes halogenated alkanes) is 5. The molecule has 32 heavy (non-hydrogen) atoms. The lowest BCUT2D eigenvalue weighted by atomic mass is 10.1. The van der Waals surface area contributed by atoms with Crippen molar-refractivity contribution in [1.82, 2.24) is 0 Å². The molecule has 0 aliphatic rings. The number of hydrogen-bond donors (Lipinski definition) is 0. The van der Waals surface area contributed by atoms with Crippen LogP contribution in [-0.2, 0) is 22.8 Å². The van der Waals surface area contributed by atoms with Crippen LogP contribution in [0.3, 0.4) is 0 Å². The van der Waals surface area contributed by atoms with Crippen molar-refractivity contribution in [1.29, 1.82) is 0 Å². The molecule has 0 saturated heterocycles. The Labute approximate surface area is 193 Å². The molecule has 0 radical (unpaired) electrons. The van der Waals surface area contributed by atoms with Gasteiger partial charge in [0.25, 0.3) is 0 Å². The second-order valence-electron chi connectivity index (χ2n) is 7.25. The Bertz CT molecular complexity index is 665. The summed E-state index contributed by atoms with van der Waals surface area (Å²) < 4.78 is 41.8. The van der Waals surface area contributed by atoms with Crippen molar-refractivity contribution >= 4 is 20.8 Å². The summed E-state index contributed by atoms with van der Waals surface area (Å²) >= 11 is 0. The topological polar surface area (TPSA) is 63.2 Å². The van der Waals surface area contributed by atoms with Gasteiger partial charge in [0.1, 0.15) is 0 Å². The fourth-order valence-corrected chi connectivity index (χ4v) is 5.99. The fraction of sp³-hybridized carbons (Fsp3) is 0.625. The van der Waals surface area contributed by atoms with E-state index < -0.39 is 20.6 Å². The van der Waals surface area contributed by atoms with E-state index >= 15 is 0 Å². The zero-order valence-electron chi connectivity index (χ0n) is 20.0. The average molecular weight is 471 g/mol. The summed E-state index contributed by atoms with van der Waals surface area (Å²) in [6.07, 6.45) is 9.04. The molecule has 0 atom stereocenters. The van der Waals surface area contributed by atoms with Crippen LogP contribution in [0.4, 0.5) is 4.39 Å². The summed E-state index contributed by atoms with van der Waals surface area (Å²) in [4.78, 5) is 11.1. The van der Waals surface area contributed by atoms with Crippen LogP contribution in [0.1, 0.15) is 64.9 Å². The molecule has 1 rings (SSSR count). The minimum absolute atomic E-state index is 0.226. The molecule has 182 valence electrons. The molecule has 6 nitrogen and oxygen atoms in total. The zero-order valence-corrected chi connectivity index (χ0v) is 21.0. The first-order chi connectivity index (χ1) is 15.5. The summed E-state index contributed by atoms with van der Waals surface area (Å²) in [5.74, 6) is -0.697. The van der Waals surface area contributed by atoms with E-state index in [1.165, 1.54) is 25.3 Å². The van der Waals surface area contributed by atoms with Crippen molar-refractivity contribution in [3.63, 3.8) is 0 Å². The van der Waals surface area contributed by atoms with Gasteiger partial charge >= 0.3 is 14.8 Å². The predicted octanol–water partition coefficient (Wildman–Crippen LogP) is 5.78. The molecule has 0 aromatic heterocycles. The van der Waals surface area contributed by atoms with Gasteiger partial charge in [0, 0.05) is 31.9 Å². The van der Waals surface area contributed by atoms with Gasteiger partial charge in [-0.2, -0.15) is 0 Å². The van der Waals surface area contributed by atoms with Crippen molar-refractivity contribution in [2.24, 2.45) is 0 Å². The molecular weight excluding hydrogens is 431 g/mol. The Hall–Kier alpha value is -1.74. The van der Waals surface area contributed by atoms with Gasteiger partial charge in [0.15, 0.2) is 11.6 Å². The Morgan fingerprint density at radius 1 is 0.938 bits per heavy atom. The van der Waals surface area contributed by atoms with Crippen LogP contribution in [0.15, 0.2) is 24.3 Å². The van der Waals surface area contributed by atoms with Crippen molar-refractivity contribution < 1.29 is 31.9 Å². The summed E-state index contributed by atoms with van der Waals surface area (Å²) in [7, 11) is -1.22. The molecule has 0 aliphatic carbocycles. The first-order valence-electron chi connectivity index (χ1n) is 11.6. The lowest BCUT2D eigenvalue weighted by Gasteiger charge is -2.28. The largest absolute Gasteiger partial charge is 0.500 e. The number of ether oxygens (including phenoxy) is 2. The van der Waals surface area contributed by atoms with E-state index in [-0.39, 0.29) is 5.75 Å². The summed E-state index contributed by atoms with van der Waals surface area (Å²) in [6.45, 7) is 8.24. The van der Waals surface area contributed by atoms with E-state index in [0.717, 1.165) is 44.6 Å². The molecule has 0 heterocycles. The Morgan fingerprint density at radius 2 is 1.53 bits per heavy atom. The van der Waals surface area contributed by atoms with Crippen molar-refractivity contribution in [3.8, 4) is 5.75 Å². The third kappa shape index (κ3) is 11.2. The van der Waals surface area contributed by atoms with E-state index in [9.17, 15) is 9.18 Å². The van der Waals surface area contributed by atoms with Crippen molar-refractivity contribution in [2.45, 2.75) is 65.3 Å². The smallest absolute Gasteiger partial charge is 0.491 e. The number of halogens is 1. The summed E-state index contributed by atoms with van der Waals surface area (Å²) in [5.41, 5.74) is 0.574. The highest BCUT2D eigenvalue weighted by Gasteiger charge is 2.39. The average Bonchev–Trinajstić information content (AvgIpc) is 2.78. The number of rotatable bonds is 18. The number of carbonyl (C=O) groups excluding carboxylic acids is 1. The first kappa shape index (κ1) is 28.3. The highest BCUT2D eigenvalue weighted by molar-refractivity contribution is 6.60. The molecule has 0 saturated carbocycles. The number of hydrogen-bond acceptors (Lipinski definition) is 6. The van der Waals surface area contributed by atoms with Crippen LogP contribution < -0.4 is 4.74 Å². The van der Waals surface area contributed by atoms with Crippen LogP contribution >= 0.6 is 0 Å². The molecule has 1 aromatic carbocycles. The molecule has 8 heteroatoms. The lowest BCUT2D eigenvalue weighted by molar-refractivity contribution is -0.134. The SMILES string of the molecule is CCO[Si](CCCCCCCCOc1ccc(C=CC(=O)OC)cc1F)(OCC)OCC. The van der Waals surface area contributed by atoms with Crippen LogP contribution in [0.25, 0.3) is 6.08 Å². The minimum atomic E-state index is -2.52. The Morgan fingerprint density at radius 3 is 2.09 bits per heavy atom. The molecule has 0 bridgehead atoms. The molecule has 0 aliphatic heterocycles. The highest BCUT2D eigenvalue weighted by atomic mass is 28.4. The molecule has 0 spiro atoms. The van der Waals surface area contributed by atoms with Gasteiger partial charge in [-0.15, -0.1) is 0 Å². The number of carbonyl (C=O) groups is 1. The van der Waals surface area contributed by atoms with Gasteiger partial charge in [-0.3, -0.25) is 0 Å². The third-order valence-electron chi connectivity index (χ3n) is 4.80. The number of methoxy groups -OCH3 is 1. The van der Waals surface area contributed by atoms with E-state index in [2.05, 4.69) is 4.74 Å². The van der Waals surface area contributed by atoms with Crippen molar-refractivity contribution in [2.75, 3.05) is 33.5 Å².